The lowest BCUT2D eigenvalue weighted by Crippen LogP contribution is -2.56. The summed E-state index contributed by atoms with van der Waals surface area (Å²) >= 11 is 0. The molecule has 1 aromatic rings. The Balaban J connectivity index is 1.26. The first-order chi connectivity index (χ1) is 13.8. The second kappa shape index (κ2) is 9.75. The Morgan fingerprint density at radius 1 is 0.821 bits per heavy atom. The summed E-state index contributed by atoms with van der Waals surface area (Å²) in [7, 11) is 0. The normalized spacial score (nSPS) is 25.5. The molecule has 1 amide bonds. The summed E-state index contributed by atoms with van der Waals surface area (Å²) in [6, 6.07) is 11.3. The van der Waals surface area contributed by atoms with Gasteiger partial charge in [-0.3, -0.25) is 14.6 Å². The highest BCUT2D eigenvalue weighted by molar-refractivity contribution is 5.78. The fourth-order valence-electron chi connectivity index (χ4n) is 5.05. The second-order valence-electron chi connectivity index (χ2n) is 8.68. The lowest BCUT2D eigenvalue weighted by molar-refractivity contribution is -0.134. The van der Waals surface area contributed by atoms with E-state index in [1.54, 1.807) is 0 Å². The molecule has 5 heteroatoms. The van der Waals surface area contributed by atoms with E-state index in [1.165, 1.54) is 37.8 Å². The van der Waals surface area contributed by atoms with Crippen molar-refractivity contribution in [2.24, 2.45) is 0 Å². The van der Waals surface area contributed by atoms with E-state index >= 15 is 0 Å². The molecule has 1 aromatic carbocycles. The molecule has 3 heterocycles. The van der Waals surface area contributed by atoms with Crippen molar-refractivity contribution in [1.82, 2.24) is 14.7 Å². The van der Waals surface area contributed by atoms with E-state index in [2.05, 4.69) is 49.9 Å². The van der Waals surface area contributed by atoms with Crippen molar-refractivity contribution in [2.75, 3.05) is 63.8 Å². The first kappa shape index (κ1) is 19.7. The Morgan fingerprint density at radius 2 is 1.54 bits per heavy atom. The van der Waals surface area contributed by atoms with Gasteiger partial charge in [-0.2, -0.15) is 0 Å². The molecule has 0 radical (unpaired) electrons. The van der Waals surface area contributed by atoms with Crippen molar-refractivity contribution in [2.45, 2.75) is 44.6 Å². The van der Waals surface area contributed by atoms with Crippen LogP contribution >= 0.6 is 0 Å². The summed E-state index contributed by atoms with van der Waals surface area (Å²) in [6.45, 7) is 9.10. The molecule has 3 aliphatic rings. The van der Waals surface area contributed by atoms with Gasteiger partial charge in [-0.05, 0) is 50.9 Å². The molecule has 3 fully saturated rings. The van der Waals surface area contributed by atoms with Gasteiger partial charge in [0.25, 0.3) is 0 Å². The van der Waals surface area contributed by atoms with Crippen LogP contribution in [0.2, 0.25) is 0 Å². The van der Waals surface area contributed by atoms with Crippen LogP contribution in [0.25, 0.3) is 0 Å². The Bertz CT molecular complexity index is 606. The number of benzene rings is 1. The van der Waals surface area contributed by atoms with Crippen LogP contribution in [0.4, 0.5) is 5.69 Å². The average molecular weight is 385 g/mol. The molecule has 3 saturated heterocycles. The molecule has 0 N–H and O–H groups in total. The number of piperidine rings is 1. The number of nitrogens with zero attached hydrogens (tertiary/aromatic N) is 4. The predicted molar refractivity (Wildman–Crippen MR) is 115 cm³/mol. The molecule has 0 spiro atoms. The smallest absolute Gasteiger partial charge is 0.236 e. The molecule has 0 unspecified atom stereocenters. The third-order valence-electron chi connectivity index (χ3n) is 6.76. The molecule has 5 nitrogen and oxygen atoms in total. The van der Waals surface area contributed by atoms with E-state index in [1.807, 2.05) is 0 Å². The van der Waals surface area contributed by atoms with Crippen molar-refractivity contribution >= 4 is 11.6 Å². The molecule has 0 aromatic heterocycles. The minimum atomic E-state index is 0.356. The van der Waals surface area contributed by atoms with Crippen LogP contribution in [0, 0.1) is 0 Å². The van der Waals surface area contributed by atoms with Gasteiger partial charge in [0.05, 0.1) is 6.54 Å². The summed E-state index contributed by atoms with van der Waals surface area (Å²) in [5.74, 6) is 0.356. The van der Waals surface area contributed by atoms with Crippen molar-refractivity contribution in [3.63, 3.8) is 0 Å². The maximum absolute atomic E-state index is 12.9. The number of amides is 1. The Morgan fingerprint density at radius 3 is 2.25 bits per heavy atom. The van der Waals surface area contributed by atoms with Crippen molar-refractivity contribution < 1.29 is 4.79 Å². The largest absolute Gasteiger partial charge is 0.369 e. The van der Waals surface area contributed by atoms with Crippen LogP contribution < -0.4 is 4.90 Å². The number of rotatable bonds is 4. The predicted octanol–water partition coefficient (Wildman–Crippen LogP) is 2.68. The van der Waals surface area contributed by atoms with Crippen molar-refractivity contribution in [3.05, 3.63) is 30.3 Å². The summed E-state index contributed by atoms with van der Waals surface area (Å²) in [4.78, 5) is 22.6. The highest BCUT2D eigenvalue weighted by atomic mass is 16.2. The van der Waals surface area contributed by atoms with Crippen LogP contribution in [-0.4, -0.2) is 85.6 Å². The number of carbonyl (C=O) groups is 1. The second-order valence-corrected chi connectivity index (χ2v) is 8.68. The number of piperazine rings is 1. The van der Waals surface area contributed by atoms with Gasteiger partial charge in [-0.25, -0.2) is 0 Å². The number of hydrogen-bond donors (Lipinski definition) is 0. The van der Waals surface area contributed by atoms with Gasteiger partial charge in [0.2, 0.25) is 5.91 Å². The van der Waals surface area contributed by atoms with Crippen LogP contribution in [-0.2, 0) is 4.79 Å². The van der Waals surface area contributed by atoms with Gasteiger partial charge in [0.15, 0.2) is 0 Å². The maximum Gasteiger partial charge on any atom is 0.236 e. The fraction of sp³-hybridized carbons (Fsp3) is 0.696. The number of para-hydroxylation sites is 1. The molecule has 1 atom stereocenters. The number of hydrogen-bond acceptors (Lipinski definition) is 4. The lowest BCUT2D eigenvalue weighted by atomic mass is 10.0. The summed E-state index contributed by atoms with van der Waals surface area (Å²) in [6.07, 6.45) is 7.54. The molecular formula is C23H36N4O. The van der Waals surface area contributed by atoms with Gasteiger partial charge < -0.3 is 9.80 Å². The number of likely N-dealkylation sites (tertiary alicyclic amines) is 2. The average Bonchev–Trinajstić information content (AvgIpc) is 3.03. The van der Waals surface area contributed by atoms with Crippen molar-refractivity contribution in [1.29, 1.82) is 0 Å². The van der Waals surface area contributed by atoms with Gasteiger partial charge >= 0.3 is 0 Å². The zero-order valence-corrected chi connectivity index (χ0v) is 17.3. The number of anilines is 1. The fourth-order valence-corrected chi connectivity index (χ4v) is 5.05. The molecule has 3 aliphatic heterocycles. The first-order valence-electron chi connectivity index (χ1n) is 11.3. The molecule has 154 valence electrons. The van der Waals surface area contributed by atoms with E-state index < -0.39 is 0 Å². The summed E-state index contributed by atoms with van der Waals surface area (Å²) in [5.41, 5.74) is 1.33. The third-order valence-corrected chi connectivity index (χ3v) is 6.76. The monoisotopic (exact) mass is 384 g/mol. The lowest BCUT2D eigenvalue weighted by Gasteiger charge is -2.44. The van der Waals surface area contributed by atoms with Crippen LogP contribution in [0.1, 0.15) is 38.5 Å². The van der Waals surface area contributed by atoms with Crippen LogP contribution in [0.3, 0.4) is 0 Å². The Labute approximate surface area is 170 Å². The SMILES string of the molecule is O=C(CN1CCCCCC1)N1CCC[C@H](N2CCN(c3ccccc3)CC2)C1. The van der Waals surface area contributed by atoms with E-state index in [-0.39, 0.29) is 0 Å². The Hall–Kier alpha value is -1.59. The highest BCUT2D eigenvalue weighted by Crippen LogP contribution is 2.21. The van der Waals surface area contributed by atoms with E-state index in [0.717, 1.165) is 58.8 Å². The van der Waals surface area contributed by atoms with Crippen molar-refractivity contribution in [3.8, 4) is 0 Å². The summed E-state index contributed by atoms with van der Waals surface area (Å²) < 4.78 is 0. The molecular weight excluding hydrogens is 348 g/mol. The molecule has 4 rings (SSSR count). The van der Waals surface area contributed by atoms with E-state index in [4.69, 9.17) is 0 Å². The third kappa shape index (κ3) is 5.06. The van der Waals surface area contributed by atoms with Gasteiger partial charge in [0.1, 0.15) is 0 Å². The number of carbonyl (C=O) groups excluding carboxylic acids is 1. The van der Waals surface area contributed by atoms with Gasteiger partial charge in [0, 0.05) is 51.0 Å². The van der Waals surface area contributed by atoms with E-state index in [0.29, 0.717) is 18.5 Å². The van der Waals surface area contributed by atoms with Gasteiger partial charge in [-0.1, -0.05) is 31.0 Å². The van der Waals surface area contributed by atoms with E-state index in [9.17, 15) is 4.79 Å². The topological polar surface area (TPSA) is 30.0 Å². The zero-order valence-electron chi connectivity index (χ0n) is 17.3. The van der Waals surface area contributed by atoms with Gasteiger partial charge in [-0.15, -0.1) is 0 Å². The van der Waals surface area contributed by atoms with Crippen LogP contribution in [0.5, 0.6) is 0 Å². The molecule has 0 bridgehead atoms. The zero-order chi connectivity index (χ0) is 19.2. The highest BCUT2D eigenvalue weighted by Gasteiger charge is 2.30. The minimum Gasteiger partial charge on any atom is -0.369 e. The summed E-state index contributed by atoms with van der Waals surface area (Å²) in [5, 5.41) is 0. The quantitative estimate of drug-likeness (QED) is 0.798. The molecule has 0 aliphatic carbocycles. The standard InChI is InChI=1S/C23H36N4O/c28-23(20-24-12-6-1-2-7-13-24)27-14-8-11-22(19-27)26-17-15-25(16-18-26)21-9-4-3-5-10-21/h3-5,9-10,22H,1-2,6-8,11-20H2/t22-/m0/s1. The molecule has 0 saturated carbocycles. The first-order valence-corrected chi connectivity index (χ1v) is 11.3. The molecule has 28 heavy (non-hydrogen) atoms. The minimum absolute atomic E-state index is 0.356. The van der Waals surface area contributed by atoms with Crippen LogP contribution in [0.15, 0.2) is 30.3 Å². The Kier molecular flexibility index (Phi) is 6.86. The maximum atomic E-state index is 12.9.